The Balaban J connectivity index is 1.66. The van der Waals surface area contributed by atoms with Gasteiger partial charge in [-0.1, -0.05) is 16.1 Å². The number of hydrogen-bond donors (Lipinski definition) is 0. The number of hydrogen-bond acceptors (Lipinski definition) is 6. The molecule has 6 nitrogen and oxygen atoms in total. The number of nitrogens with zero attached hydrogens (tertiary/aromatic N) is 3. The van der Waals surface area contributed by atoms with Crippen LogP contribution >= 0.6 is 23.1 Å². The van der Waals surface area contributed by atoms with Crippen LogP contribution in [-0.2, 0) is 11.3 Å². The minimum Gasteiger partial charge on any atom is -0.488 e. The maximum Gasteiger partial charge on any atom is 0.275 e. The monoisotopic (exact) mass is 339 g/mol. The lowest BCUT2D eigenvalue weighted by Crippen LogP contribution is -2.41. The van der Waals surface area contributed by atoms with Gasteiger partial charge in [0.15, 0.2) is 5.69 Å². The molecule has 1 aliphatic heterocycles. The van der Waals surface area contributed by atoms with Gasteiger partial charge >= 0.3 is 0 Å². The number of amides is 1. The first-order valence-corrected chi connectivity index (χ1v) is 7.96. The average Bonchev–Trinajstić information content (AvgIpc) is 3.03. The SMILES string of the molecule is O=C(c1nnsc1COc1ccc(Cl)cc1)N1CCOCC1. The van der Waals surface area contributed by atoms with E-state index in [1.807, 2.05) is 0 Å². The summed E-state index contributed by atoms with van der Waals surface area (Å²) in [7, 11) is 0. The van der Waals surface area contributed by atoms with Crippen LogP contribution in [0.5, 0.6) is 5.75 Å². The van der Waals surface area contributed by atoms with Crippen molar-refractivity contribution in [1.29, 1.82) is 0 Å². The number of benzene rings is 1. The van der Waals surface area contributed by atoms with E-state index in [-0.39, 0.29) is 12.5 Å². The third kappa shape index (κ3) is 3.55. The van der Waals surface area contributed by atoms with E-state index in [2.05, 4.69) is 9.59 Å². The van der Waals surface area contributed by atoms with Crippen molar-refractivity contribution in [3.63, 3.8) is 0 Å². The van der Waals surface area contributed by atoms with Crippen LogP contribution < -0.4 is 4.74 Å². The van der Waals surface area contributed by atoms with Gasteiger partial charge in [-0.2, -0.15) is 0 Å². The number of carbonyl (C=O) groups excluding carboxylic acids is 1. The van der Waals surface area contributed by atoms with Gasteiger partial charge in [-0.05, 0) is 35.8 Å². The van der Waals surface area contributed by atoms with Crippen LogP contribution in [0.2, 0.25) is 5.02 Å². The highest BCUT2D eigenvalue weighted by Crippen LogP contribution is 2.20. The highest BCUT2D eigenvalue weighted by atomic mass is 35.5. The Hall–Kier alpha value is -1.70. The van der Waals surface area contributed by atoms with Crippen molar-refractivity contribution in [2.45, 2.75) is 6.61 Å². The van der Waals surface area contributed by atoms with Crippen molar-refractivity contribution in [3.8, 4) is 5.75 Å². The molecule has 0 atom stereocenters. The molecular weight excluding hydrogens is 326 g/mol. The maximum absolute atomic E-state index is 12.4. The molecule has 0 saturated carbocycles. The van der Waals surface area contributed by atoms with Crippen molar-refractivity contribution in [2.24, 2.45) is 0 Å². The van der Waals surface area contributed by atoms with E-state index in [1.54, 1.807) is 29.2 Å². The Morgan fingerprint density at radius 2 is 2.05 bits per heavy atom. The van der Waals surface area contributed by atoms with Crippen LogP contribution in [0.3, 0.4) is 0 Å². The molecule has 0 N–H and O–H groups in total. The number of morpholine rings is 1. The largest absolute Gasteiger partial charge is 0.488 e. The van der Waals surface area contributed by atoms with Gasteiger partial charge in [-0.25, -0.2) is 0 Å². The van der Waals surface area contributed by atoms with Gasteiger partial charge in [0, 0.05) is 18.1 Å². The second-order valence-corrected chi connectivity index (χ2v) is 5.97. The molecule has 2 aromatic rings. The number of carbonyl (C=O) groups is 1. The van der Waals surface area contributed by atoms with E-state index in [4.69, 9.17) is 21.1 Å². The number of ether oxygens (including phenoxy) is 2. The van der Waals surface area contributed by atoms with Crippen LogP contribution in [-0.4, -0.2) is 46.7 Å². The Morgan fingerprint density at radius 1 is 1.32 bits per heavy atom. The Bertz CT molecular complexity index is 641. The zero-order valence-corrected chi connectivity index (χ0v) is 13.3. The van der Waals surface area contributed by atoms with Gasteiger partial charge in [-0.3, -0.25) is 4.79 Å². The Labute approximate surface area is 136 Å². The van der Waals surface area contributed by atoms with Gasteiger partial charge in [-0.15, -0.1) is 5.10 Å². The maximum atomic E-state index is 12.4. The Morgan fingerprint density at radius 3 is 2.77 bits per heavy atom. The fourth-order valence-electron chi connectivity index (χ4n) is 2.06. The van der Waals surface area contributed by atoms with Crippen LogP contribution in [0.15, 0.2) is 24.3 Å². The van der Waals surface area contributed by atoms with Crippen LogP contribution in [0.4, 0.5) is 0 Å². The van der Waals surface area contributed by atoms with E-state index in [1.165, 1.54) is 11.5 Å². The summed E-state index contributed by atoms with van der Waals surface area (Å²) in [4.78, 5) is 14.9. The van der Waals surface area contributed by atoms with Crippen molar-refractivity contribution < 1.29 is 14.3 Å². The van der Waals surface area contributed by atoms with Gasteiger partial charge in [0.2, 0.25) is 0 Å². The molecule has 116 valence electrons. The molecule has 0 aliphatic carbocycles. The van der Waals surface area contributed by atoms with Gasteiger partial charge in [0.05, 0.1) is 18.1 Å². The molecule has 1 aromatic carbocycles. The fourth-order valence-corrected chi connectivity index (χ4v) is 2.74. The molecule has 8 heteroatoms. The molecule has 0 radical (unpaired) electrons. The minimum atomic E-state index is -0.119. The molecule has 1 amide bonds. The third-order valence-corrected chi connectivity index (χ3v) is 4.19. The van der Waals surface area contributed by atoms with Crippen LogP contribution in [0, 0.1) is 0 Å². The summed E-state index contributed by atoms with van der Waals surface area (Å²) >= 11 is 7.00. The molecular formula is C14H14ClN3O3S. The smallest absolute Gasteiger partial charge is 0.275 e. The molecule has 0 spiro atoms. The zero-order chi connectivity index (χ0) is 15.4. The second kappa shape index (κ2) is 7.04. The van der Waals surface area contributed by atoms with Crippen molar-refractivity contribution in [2.75, 3.05) is 26.3 Å². The molecule has 2 heterocycles. The highest BCUT2D eigenvalue weighted by Gasteiger charge is 2.24. The standard InChI is InChI=1S/C14H14ClN3O3S/c15-10-1-3-11(4-2-10)21-9-12-13(16-17-22-12)14(19)18-5-7-20-8-6-18/h1-4H,5-9H2. The molecule has 3 rings (SSSR count). The first kappa shape index (κ1) is 15.2. The molecule has 1 aromatic heterocycles. The third-order valence-electron chi connectivity index (χ3n) is 3.24. The number of halogens is 1. The van der Waals surface area contributed by atoms with Crippen molar-refractivity contribution in [1.82, 2.24) is 14.5 Å². The summed E-state index contributed by atoms with van der Waals surface area (Å²) < 4.78 is 14.8. The lowest BCUT2D eigenvalue weighted by molar-refractivity contribution is 0.0297. The van der Waals surface area contributed by atoms with Gasteiger partial charge < -0.3 is 14.4 Å². The summed E-state index contributed by atoms with van der Waals surface area (Å²) in [5.74, 6) is 0.564. The van der Waals surface area contributed by atoms with E-state index >= 15 is 0 Å². The first-order chi connectivity index (χ1) is 10.7. The average molecular weight is 340 g/mol. The quantitative estimate of drug-likeness (QED) is 0.854. The number of aromatic nitrogens is 2. The molecule has 1 aliphatic rings. The summed E-state index contributed by atoms with van der Waals surface area (Å²) in [5.41, 5.74) is 0.362. The number of rotatable bonds is 4. The summed E-state index contributed by atoms with van der Waals surface area (Å²) in [6.45, 7) is 2.52. The van der Waals surface area contributed by atoms with E-state index in [9.17, 15) is 4.79 Å². The van der Waals surface area contributed by atoms with Gasteiger partial charge in [0.25, 0.3) is 5.91 Å². The predicted molar refractivity (Wildman–Crippen MR) is 82.4 cm³/mol. The molecule has 1 saturated heterocycles. The molecule has 1 fully saturated rings. The summed E-state index contributed by atoms with van der Waals surface area (Å²) in [6, 6.07) is 7.06. The normalized spacial score (nSPS) is 14.9. The lowest BCUT2D eigenvalue weighted by atomic mass is 10.3. The van der Waals surface area contributed by atoms with Crippen molar-refractivity contribution in [3.05, 3.63) is 39.9 Å². The van der Waals surface area contributed by atoms with E-state index in [0.29, 0.717) is 47.6 Å². The van der Waals surface area contributed by atoms with E-state index < -0.39 is 0 Å². The Kier molecular flexibility index (Phi) is 4.87. The fraction of sp³-hybridized carbons (Fsp3) is 0.357. The summed E-state index contributed by atoms with van der Waals surface area (Å²) in [5, 5.41) is 4.60. The zero-order valence-electron chi connectivity index (χ0n) is 11.7. The summed E-state index contributed by atoms with van der Waals surface area (Å²) in [6.07, 6.45) is 0. The topological polar surface area (TPSA) is 64.5 Å². The first-order valence-electron chi connectivity index (χ1n) is 6.80. The predicted octanol–water partition coefficient (Wildman–Crippen LogP) is 2.24. The molecule has 22 heavy (non-hydrogen) atoms. The molecule has 0 unspecified atom stereocenters. The van der Waals surface area contributed by atoms with Crippen LogP contribution in [0.1, 0.15) is 15.4 Å². The van der Waals surface area contributed by atoms with Gasteiger partial charge in [0.1, 0.15) is 12.4 Å². The minimum absolute atomic E-state index is 0.119. The van der Waals surface area contributed by atoms with Crippen LogP contribution in [0.25, 0.3) is 0 Å². The second-order valence-electron chi connectivity index (χ2n) is 4.69. The van der Waals surface area contributed by atoms with E-state index in [0.717, 1.165) is 0 Å². The highest BCUT2D eigenvalue weighted by molar-refractivity contribution is 7.05. The molecule has 0 bridgehead atoms. The lowest BCUT2D eigenvalue weighted by Gasteiger charge is -2.26. The van der Waals surface area contributed by atoms with Crippen molar-refractivity contribution >= 4 is 29.0 Å².